The Labute approximate surface area is 187 Å². The van der Waals surface area contributed by atoms with Gasteiger partial charge in [0.1, 0.15) is 6.10 Å². The van der Waals surface area contributed by atoms with E-state index in [4.69, 9.17) is 9.94 Å². The molecule has 1 fully saturated rings. The number of oxime groups is 1. The van der Waals surface area contributed by atoms with Crippen LogP contribution < -0.4 is 5.43 Å². The number of carbonyl (C=O) groups is 1. The summed E-state index contributed by atoms with van der Waals surface area (Å²) in [4.78, 5) is 24.8. The molecule has 1 aromatic heterocycles. The Balaban J connectivity index is 1.20. The number of aromatic nitrogens is 1. The highest BCUT2D eigenvalue weighted by atomic mass is 16.6. The van der Waals surface area contributed by atoms with Gasteiger partial charge in [-0.25, -0.2) is 0 Å². The molecule has 168 valence electrons. The third-order valence-corrected chi connectivity index (χ3v) is 5.60. The molecule has 1 saturated heterocycles. The van der Waals surface area contributed by atoms with Crippen LogP contribution in [0, 0.1) is 0 Å². The van der Waals surface area contributed by atoms with Gasteiger partial charge in [0.05, 0.1) is 25.0 Å². The molecule has 0 saturated carbocycles. The monoisotopic (exact) mass is 436 g/mol. The summed E-state index contributed by atoms with van der Waals surface area (Å²) < 4.78 is 0. The number of hydrazone groups is 1. The van der Waals surface area contributed by atoms with E-state index in [2.05, 4.69) is 25.6 Å². The third-order valence-electron chi connectivity index (χ3n) is 5.60. The summed E-state index contributed by atoms with van der Waals surface area (Å²) in [6, 6.07) is 12.0. The number of nitrogens with zero attached hydrogens (tertiary/aromatic N) is 5. The normalized spacial score (nSPS) is 19.6. The molecule has 2 aliphatic rings. The van der Waals surface area contributed by atoms with Gasteiger partial charge in [-0.15, -0.1) is 0 Å². The van der Waals surface area contributed by atoms with Crippen molar-refractivity contribution < 1.29 is 14.7 Å². The summed E-state index contributed by atoms with van der Waals surface area (Å²) in [7, 11) is 0. The van der Waals surface area contributed by atoms with Crippen molar-refractivity contribution in [3.8, 4) is 0 Å². The Morgan fingerprint density at radius 1 is 1.12 bits per heavy atom. The zero-order valence-corrected chi connectivity index (χ0v) is 17.9. The number of rotatable bonds is 9. The minimum atomic E-state index is -0.769. The van der Waals surface area contributed by atoms with Crippen LogP contribution in [-0.2, 0) is 16.2 Å². The van der Waals surface area contributed by atoms with Crippen LogP contribution >= 0.6 is 0 Å². The van der Waals surface area contributed by atoms with Crippen LogP contribution in [-0.4, -0.2) is 83.2 Å². The standard InChI is InChI=1S/C23H28N6O3/c30-23(31)17-29-11-9-28(10-12-29)16-21-13-22(27-32-21)20-3-1-18(2-4-20)14-25-26-15-19-5-7-24-8-6-19/h1-8,14,21,26H,9-13,15-17H2,(H,30,31). The van der Waals surface area contributed by atoms with Crippen LogP contribution in [0.5, 0.6) is 0 Å². The van der Waals surface area contributed by atoms with Crippen molar-refractivity contribution in [3.05, 3.63) is 65.5 Å². The number of pyridine rings is 1. The van der Waals surface area contributed by atoms with Crippen molar-refractivity contribution in [1.82, 2.24) is 20.2 Å². The van der Waals surface area contributed by atoms with Gasteiger partial charge in [0.25, 0.3) is 0 Å². The number of carboxylic acids is 1. The molecule has 32 heavy (non-hydrogen) atoms. The van der Waals surface area contributed by atoms with E-state index in [1.807, 2.05) is 41.3 Å². The first-order chi connectivity index (χ1) is 15.7. The Morgan fingerprint density at radius 3 is 2.56 bits per heavy atom. The molecule has 0 bridgehead atoms. The summed E-state index contributed by atoms with van der Waals surface area (Å²) >= 11 is 0. The minimum Gasteiger partial charge on any atom is -0.480 e. The maximum absolute atomic E-state index is 10.8. The summed E-state index contributed by atoms with van der Waals surface area (Å²) in [5, 5.41) is 17.5. The van der Waals surface area contributed by atoms with Crippen LogP contribution in [0.4, 0.5) is 0 Å². The van der Waals surface area contributed by atoms with Gasteiger partial charge in [0.2, 0.25) is 0 Å². The number of nitrogens with one attached hydrogen (secondary N) is 1. The largest absolute Gasteiger partial charge is 0.480 e. The van der Waals surface area contributed by atoms with Crippen LogP contribution in [0.3, 0.4) is 0 Å². The zero-order chi connectivity index (χ0) is 22.2. The molecule has 0 aliphatic carbocycles. The highest BCUT2D eigenvalue weighted by Crippen LogP contribution is 2.18. The molecule has 9 heteroatoms. The molecule has 0 spiro atoms. The Bertz CT molecular complexity index is 940. The predicted molar refractivity (Wildman–Crippen MR) is 122 cm³/mol. The molecule has 1 unspecified atom stereocenters. The van der Waals surface area contributed by atoms with Crippen molar-refractivity contribution >= 4 is 17.9 Å². The molecule has 0 amide bonds. The first-order valence-electron chi connectivity index (χ1n) is 10.8. The van der Waals surface area contributed by atoms with E-state index in [1.165, 1.54) is 0 Å². The van der Waals surface area contributed by atoms with Crippen molar-refractivity contribution in [2.24, 2.45) is 10.3 Å². The number of hydrogen-bond donors (Lipinski definition) is 2. The van der Waals surface area contributed by atoms with Crippen LogP contribution in [0.15, 0.2) is 59.0 Å². The van der Waals surface area contributed by atoms with Gasteiger partial charge in [-0.1, -0.05) is 29.4 Å². The lowest BCUT2D eigenvalue weighted by molar-refractivity contribution is -0.138. The summed E-state index contributed by atoms with van der Waals surface area (Å²) in [6.45, 7) is 4.82. The number of hydrogen-bond acceptors (Lipinski definition) is 8. The lowest BCUT2D eigenvalue weighted by Crippen LogP contribution is -2.49. The highest BCUT2D eigenvalue weighted by Gasteiger charge is 2.26. The van der Waals surface area contributed by atoms with E-state index in [0.717, 1.165) is 61.5 Å². The average molecular weight is 437 g/mol. The molecule has 0 radical (unpaired) electrons. The van der Waals surface area contributed by atoms with Crippen molar-refractivity contribution in [1.29, 1.82) is 0 Å². The van der Waals surface area contributed by atoms with Gasteiger partial charge in [-0.2, -0.15) is 5.10 Å². The quantitative estimate of drug-likeness (QED) is 0.452. The molecule has 2 aliphatic heterocycles. The van der Waals surface area contributed by atoms with E-state index in [9.17, 15) is 4.79 Å². The predicted octanol–water partition coefficient (Wildman–Crippen LogP) is 1.40. The van der Waals surface area contributed by atoms with Crippen molar-refractivity contribution in [2.45, 2.75) is 19.1 Å². The Morgan fingerprint density at radius 2 is 1.84 bits per heavy atom. The van der Waals surface area contributed by atoms with Gasteiger partial charge in [0.15, 0.2) is 0 Å². The van der Waals surface area contributed by atoms with Gasteiger partial charge < -0.3 is 15.4 Å². The first-order valence-corrected chi connectivity index (χ1v) is 10.8. The van der Waals surface area contributed by atoms with E-state index < -0.39 is 5.97 Å². The van der Waals surface area contributed by atoms with E-state index in [0.29, 0.717) is 6.54 Å². The molecule has 2 aromatic rings. The molecular formula is C23H28N6O3. The smallest absolute Gasteiger partial charge is 0.317 e. The van der Waals surface area contributed by atoms with E-state index in [-0.39, 0.29) is 12.6 Å². The van der Waals surface area contributed by atoms with E-state index >= 15 is 0 Å². The second-order valence-corrected chi connectivity index (χ2v) is 8.01. The van der Waals surface area contributed by atoms with Gasteiger partial charge >= 0.3 is 5.97 Å². The maximum Gasteiger partial charge on any atom is 0.317 e. The highest BCUT2D eigenvalue weighted by molar-refractivity contribution is 6.01. The molecule has 3 heterocycles. The topological polar surface area (TPSA) is 103 Å². The minimum absolute atomic E-state index is 0.0367. The van der Waals surface area contributed by atoms with E-state index in [1.54, 1.807) is 18.6 Å². The fourth-order valence-corrected chi connectivity index (χ4v) is 3.83. The summed E-state index contributed by atoms with van der Waals surface area (Å²) in [5.41, 5.74) is 7.18. The lowest BCUT2D eigenvalue weighted by Gasteiger charge is -2.34. The first kappa shape index (κ1) is 21.9. The third kappa shape index (κ3) is 6.35. The number of aliphatic carboxylic acids is 1. The SMILES string of the molecule is O=C(O)CN1CCN(CC2CC(c3ccc(C=NNCc4ccncc4)cc3)=NO2)CC1. The Kier molecular flexibility index (Phi) is 7.42. The summed E-state index contributed by atoms with van der Waals surface area (Å²) in [6.07, 6.45) is 6.14. The lowest BCUT2D eigenvalue weighted by atomic mass is 10.0. The zero-order valence-electron chi connectivity index (χ0n) is 17.9. The van der Waals surface area contributed by atoms with Crippen LogP contribution in [0.25, 0.3) is 0 Å². The van der Waals surface area contributed by atoms with Crippen LogP contribution in [0.2, 0.25) is 0 Å². The molecular weight excluding hydrogens is 408 g/mol. The van der Waals surface area contributed by atoms with Crippen LogP contribution in [0.1, 0.15) is 23.1 Å². The molecule has 9 nitrogen and oxygen atoms in total. The van der Waals surface area contributed by atoms with Gasteiger partial charge in [-0.3, -0.25) is 19.6 Å². The fourth-order valence-electron chi connectivity index (χ4n) is 3.83. The van der Waals surface area contributed by atoms with Gasteiger partial charge in [-0.05, 0) is 28.8 Å². The molecule has 1 atom stereocenters. The number of carboxylic acid groups (broad SMARTS) is 1. The second-order valence-electron chi connectivity index (χ2n) is 8.01. The fraction of sp³-hybridized carbons (Fsp3) is 0.391. The van der Waals surface area contributed by atoms with Crippen molar-refractivity contribution in [2.75, 3.05) is 39.3 Å². The number of piperazine rings is 1. The van der Waals surface area contributed by atoms with Crippen molar-refractivity contribution in [3.63, 3.8) is 0 Å². The average Bonchev–Trinajstić information content (AvgIpc) is 3.27. The maximum atomic E-state index is 10.8. The molecule has 2 N–H and O–H groups in total. The Hall–Kier alpha value is -3.30. The second kappa shape index (κ2) is 10.8. The summed E-state index contributed by atoms with van der Waals surface area (Å²) in [5.74, 6) is -0.769. The molecule has 1 aromatic carbocycles. The van der Waals surface area contributed by atoms with Gasteiger partial charge in [0, 0.05) is 51.5 Å². The molecule has 4 rings (SSSR count). The number of benzene rings is 1.